The largest absolute Gasteiger partial charge is 0.391 e. The lowest BCUT2D eigenvalue weighted by atomic mass is 9.96. The van der Waals surface area contributed by atoms with Crippen LogP contribution in [0.4, 0.5) is 10.1 Å². The standard InChI is InChI=1S/C19H22FN5O2/c1-13-10-17(21-23(13)2)19(26)24-9-3-4-14(11-24)18-12-25(22-27-18)16-7-5-15(20)6-8-16/h5-8,10,12,14,22H,3-4,9,11H2,1-2H3/t14-/m0/s1. The summed E-state index contributed by atoms with van der Waals surface area (Å²) in [6.07, 6.45) is 3.70. The Morgan fingerprint density at radius 3 is 2.81 bits per heavy atom. The molecule has 0 bridgehead atoms. The van der Waals surface area contributed by atoms with Gasteiger partial charge >= 0.3 is 0 Å². The lowest BCUT2D eigenvalue weighted by Crippen LogP contribution is -2.40. The number of aryl methyl sites for hydroxylation is 2. The van der Waals surface area contributed by atoms with Crippen LogP contribution < -0.4 is 10.6 Å². The molecule has 1 saturated heterocycles. The highest BCUT2D eigenvalue weighted by molar-refractivity contribution is 5.92. The molecule has 1 amide bonds. The van der Waals surface area contributed by atoms with Crippen molar-refractivity contribution in [2.24, 2.45) is 13.0 Å². The van der Waals surface area contributed by atoms with Crippen LogP contribution in [0, 0.1) is 18.7 Å². The van der Waals surface area contributed by atoms with Crippen LogP contribution in [-0.4, -0.2) is 33.7 Å². The molecule has 1 atom stereocenters. The zero-order chi connectivity index (χ0) is 19.0. The van der Waals surface area contributed by atoms with Gasteiger partial charge in [-0.1, -0.05) is 5.59 Å². The van der Waals surface area contributed by atoms with Crippen molar-refractivity contribution in [2.45, 2.75) is 19.8 Å². The highest BCUT2D eigenvalue weighted by atomic mass is 19.1. The molecule has 0 unspecified atom stereocenters. The highest BCUT2D eigenvalue weighted by Crippen LogP contribution is 2.29. The van der Waals surface area contributed by atoms with E-state index in [1.54, 1.807) is 21.8 Å². The summed E-state index contributed by atoms with van der Waals surface area (Å²) in [7, 11) is 1.83. The van der Waals surface area contributed by atoms with Gasteiger partial charge in [0.1, 0.15) is 11.6 Å². The number of amides is 1. The van der Waals surface area contributed by atoms with Crippen molar-refractivity contribution in [2.75, 3.05) is 18.1 Å². The van der Waals surface area contributed by atoms with Gasteiger partial charge in [-0.05, 0) is 50.1 Å². The first-order chi connectivity index (χ1) is 13.0. The van der Waals surface area contributed by atoms with Gasteiger partial charge in [0.15, 0.2) is 5.69 Å². The van der Waals surface area contributed by atoms with Gasteiger partial charge in [-0.25, -0.2) is 9.40 Å². The van der Waals surface area contributed by atoms with Gasteiger partial charge in [-0.3, -0.25) is 9.48 Å². The van der Waals surface area contributed by atoms with Gasteiger partial charge in [-0.15, -0.1) is 0 Å². The van der Waals surface area contributed by atoms with Crippen molar-refractivity contribution < 1.29 is 14.0 Å². The van der Waals surface area contributed by atoms with Crippen LogP contribution in [0.1, 0.15) is 29.0 Å². The number of anilines is 1. The Labute approximate surface area is 156 Å². The fraction of sp³-hybridized carbons (Fsp3) is 0.368. The summed E-state index contributed by atoms with van der Waals surface area (Å²) in [6, 6.07) is 7.96. The number of rotatable bonds is 3. The molecule has 3 heterocycles. The average molecular weight is 371 g/mol. The van der Waals surface area contributed by atoms with Gasteiger partial charge in [0.2, 0.25) is 0 Å². The molecule has 2 aliphatic rings. The average Bonchev–Trinajstić information content (AvgIpc) is 3.29. The molecule has 7 nitrogen and oxygen atoms in total. The molecule has 1 N–H and O–H groups in total. The second-order valence-corrected chi connectivity index (χ2v) is 6.96. The number of likely N-dealkylation sites (tertiary alicyclic amines) is 1. The van der Waals surface area contributed by atoms with Gasteiger partial charge in [0, 0.05) is 31.7 Å². The van der Waals surface area contributed by atoms with E-state index < -0.39 is 0 Å². The molecule has 4 rings (SSSR count). The van der Waals surface area contributed by atoms with Gasteiger partial charge < -0.3 is 9.74 Å². The topological polar surface area (TPSA) is 62.6 Å². The van der Waals surface area contributed by atoms with Gasteiger partial charge in [-0.2, -0.15) is 5.10 Å². The summed E-state index contributed by atoms with van der Waals surface area (Å²) in [5, 5.41) is 6.00. The van der Waals surface area contributed by atoms with Crippen molar-refractivity contribution in [3.63, 3.8) is 0 Å². The fourth-order valence-corrected chi connectivity index (χ4v) is 3.42. The summed E-state index contributed by atoms with van der Waals surface area (Å²) in [6.45, 7) is 3.22. The van der Waals surface area contributed by atoms with E-state index in [1.807, 2.05) is 31.1 Å². The van der Waals surface area contributed by atoms with E-state index in [4.69, 9.17) is 4.84 Å². The predicted molar refractivity (Wildman–Crippen MR) is 97.8 cm³/mol. The predicted octanol–water partition coefficient (Wildman–Crippen LogP) is 2.52. The molecule has 27 heavy (non-hydrogen) atoms. The molecule has 1 aromatic carbocycles. The molecule has 0 saturated carbocycles. The summed E-state index contributed by atoms with van der Waals surface area (Å²) in [5.41, 5.74) is 5.03. The molecule has 0 aliphatic carbocycles. The number of aromatic nitrogens is 2. The number of carbonyl (C=O) groups excluding carboxylic acids is 1. The van der Waals surface area contributed by atoms with E-state index in [2.05, 4.69) is 10.7 Å². The van der Waals surface area contributed by atoms with Gasteiger partial charge in [0.05, 0.1) is 11.9 Å². The van der Waals surface area contributed by atoms with Crippen LogP contribution >= 0.6 is 0 Å². The number of hydrogen-bond acceptors (Lipinski definition) is 5. The maximum Gasteiger partial charge on any atom is 0.274 e. The van der Waals surface area contributed by atoms with Crippen LogP contribution in [0.2, 0.25) is 0 Å². The van der Waals surface area contributed by atoms with Crippen LogP contribution in [0.15, 0.2) is 42.3 Å². The van der Waals surface area contributed by atoms with E-state index in [0.717, 1.165) is 30.0 Å². The minimum absolute atomic E-state index is 0.0506. The second-order valence-electron chi connectivity index (χ2n) is 6.96. The molecule has 0 radical (unpaired) electrons. The zero-order valence-electron chi connectivity index (χ0n) is 15.4. The monoisotopic (exact) mass is 371 g/mol. The molecule has 2 aromatic rings. The van der Waals surface area contributed by atoms with Crippen molar-refractivity contribution in [3.05, 3.63) is 59.5 Å². The van der Waals surface area contributed by atoms with Crippen LogP contribution in [0.5, 0.6) is 0 Å². The quantitative estimate of drug-likeness (QED) is 0.898. The normalized spacial score (nSPS) is 19.8. The minimum atomic E-state index is -0.283. The maximum atomic E-state index is 13.1. The van der Waals surface area contributed by atoms with Crippen molar-refractivity contribution in [1.29, 1.82) is 0 Å². The molecular weight excluding hydrogens is 349 g/mol. The zero-order valence-corrected chi connectivity index (χ0v) is 15.4. The van der Waals surface area contributed by atoms with Crippen LogP contribution in [-0.2, 0) is 11.9 Å². The van der Waals surface area contributed by atoms with Crippen LogP contribution in [0.3, 0.4) is 0 Å². The Kier molecular flexibility index (Phi) is 4.57. The molecule has 142 valence electrons. The summed E-state index contributed by atoms with van der Waals surface area (Å²) >= 11 is 0. The lowest BCUT2D eigenvalue weighted by molar-refractivity contribution is 0.0572. The van der Waals surface area contributed by atoms with E-state index in [9.17, 15) is 9.18 Å². The Hall–Kier alpha value is -2.87. The van der Waals surface area contributed by atoms with Crippen molar-refractivity contribution in [1.82, 2.24) is 20.3 Å². The number of carbonyl (C=O) groups is 1. The molecule has 8 heteroatoms. The Morgan fingerprint density at radius 2 is 2.11 bits per heavy atom. The number of nitrogens with zero attached hydrogens (tertiary/aromatic N) is 4. The molecule has 1 fully saturated rings. The van der Waals surface area contributed by atoms with Gasteiger partial charge in [0.25, 0.3) is 5.91 Å². The van der Waals surface area contributed by atoms with E-state index >= 15 is 0 Å². The Balaban J connectivity index is 1.46. The highest BCUT2D eigenvalue weighted by Gasteiger charge is 2.31. The summed E-state index contributed by atoms with van der Waals surface area (Å²) < 4.78 is 14.8. The third kappa shape index (κ3) is 3.52. The number of benzene rings is 1. The van der Waals surface area contributed by atoms with E-state index in [-0.39, 0.29) is 17.6 Å². The number of piperidine rings is 1. The molecule has 1 aromatic heterocycles. The first-order valence-electron chi connectivity index (χ1n) is 9.00. The van der Waals surface area contributed by atoms with Crippen molar-refractivity contribution in [3.8, 4) is 0 Å². The number of hydrogen-bond donors (Lipinski definition) is 1. The Bertz CT molecular complexity index is 857. The lowest BCUT2D eigenvalue weighted by Gasteiger charge is -2.31. The molecule has 2 aliphatic heterocycles. The SMILES string of the molecule is Cc1cc(C(=O)N2CCC[C@H](C3=CN(c4ccc(F)cc4)NO3)C2)nn1C. The molecule has 0 spiro atoms. The number of nitrogens with one attached hydrogen (secondary N) is 1. The summed E-state index contributed by atoms with van der Waals surface area (Å²) in [5.74, 6) is 0.541. The maximum absolute atomic E-state index is 13.1. The smallest absolute Gasteiger partial charge is 0.274 e. The third-order valence-electron chi connectivity index (χ3n) is 5.07. The number of halogens is 1. The second kappa shape index (κ2) is 7.03. The minimum Gasteiger partial charge on any atom is -0.391 e. The summed E-state index contributed by atoms with van der Waals surface area (Å²) in [4.78, 5) is 20.2. The first kappa shape index (κ1) is 17.5. The number of hydrazine groups is 1. The van der Waals surface area contributed by atoms with E-state index in [0.29, 0.717) is 18.8 Å². The first-order valence-corrected chi connectivity index (χ1v) is 9.00. The Morgan fingerprint density at radius 1 is 1.33 bits per heavy atom. The van der Waals surface area contributed by atoms with E-state index in [1.165, 1.54) is 12.1 Å². The van der Waals surface area contributed by atoms with Crippen LogP contribution in [0.25, 0.3) is 0 Å². The van der Waals surface area contributed by atoms with Crippen molar-refractivity contribution >= 4 is 11.6 Å². The fourth-order valence-electron chi connectivity index (χ4n) is 3.42. The third-order valence-corrected chi connectivity index (χ3v) is 5.07. The molecular formula is C19H22FN5O2.